The van der Waals surface area contributed by atoms with E-state index in [0.29, 0.717) is 19.0 Å². The van der Waals surface area contributed by atoms with E-state index in [0.717, 1.165) is 30.4 Å². The summed E-state index contributed by atoms with van der Waals surface area (Å²) < 4.78 is 5.60. The first-order chi connectivity index (χ1) is 17.0. The summed E-state index contributed by atoms with van der Waals surface area (Å²) in [6.07, 6.45) is 2.67. The second-order valence-electron chi connectivity index (χ2n) is 9.61. The molecule has 1 unspecified atom stereocenters. The lowest BCUT2D eigenvalue weighted by atomic mass is 9.98. The molecule has 7 nitrogen and oxygen atoms in total. The van der Waals surface area contributed by atoms with Crippen LogP contribution in [0.3, 0.4) is 0 Å². The zero-order chi connectivity index (χ0) is 24.8. The smallest absolute Gasteiger partial charge is 0.407 e. The fraction of sp³-hybridized carbons (Fsp3) is 0.464. The fourth-order valence-electron chi connectivity index (χ4n) is 4.77. The van der Waals surface area contributed by atoms with Crippen LogP contribution in [0, 0.1) is 11.8 Å². The molecular formula is C28H34N2O5. The molecule has 1 fully saturated rings. The van der Waals surface area contributed by atoms with E-state index in [-0.39, 0.29) is 43.7 Å². The summed E-state index contributed by atoms with van der Waals surface area (Å²) in [4.78, 5) is 38.0. The van der Waals surface area contributed by atoms with Gasteiger partial charge in [-0.15, -0.1) is 0 Å². The molecule has 2 amide bonds. The molecule has 0 bridgehead atoms. The molecule has 186 valence electrons. The van der Waals surface area contributed by atoms with E-state index in [9.17, 15) is 14.4 Å². The molecule has 2 aromatic rings. The minimum absolute atomic E-state index is 0.00178. The van der Waals surface area contributed by atoms with Gasteiger partial charge >= 0.3 is 12.1 Å². The highest BCUT2D eigenvalue weighted by molar-refractivity contribution is 5.79. The number of amides is 2. The van der Waals surface area contributed by atoms with Crippen LogP contribution < -0.4 is 5.32 Å². The van der Waals surface area contributed by atoms with Crippen molar-refractivity contribution in [3.8, 4) is 11.1 Å². The molecule has 7 heteroatoms. The Hall–Kier alpha value is -3.35. The van der Waals surface area contributed by atoms with E-state index in [4.69, 9.17) is 9.84 Å². The van der Waals surface area contributed by atoms with Crippen LogP contribution in [0.1, 0.15) is 56.1 Å². The summed E-state index contributed by atoms with van der Waals surface area (Å²) in [6, 6.07) is 16.4. The zero-order valence-corrected chi connectivity index (χ0v) is 20.2. The third kappa shape index (κ3) is 6.41. The Morgan fingerprint density at radius 3 is 2.26 bits per heavy atom. The number of carbonyl (C=O) groups excluding carboxylic acids is 2. The van der Waals surface area contributed by atoms with Crippen molar-refractivity contribution in [1.29, 1.82) is 0 Å². The van der Waals surface area contributed by atoms with E-state index in [2.05, 4.69) is 29.6 Å². The maximum absolute atomic E-state index is 12.9. The molecule has 0 radical (unpaired) electrons. The van der Waals surface area contributed by atoms with Crippen LogP contribution >= 0.6 is 0 Å². The lowest BCUT2D eigenvalue weighted by molar-refractivity contribution is -0.138. The lowest BCUT2D eigenvalue weighted by Gasteiger charge is -2.24. The number of aliphatic carboxylic acids is 1. The number of alkyl carbamates (subject to hydrolysis) is 1. The van der Waals surface area contributed by atoms with Crippen LogP contribution in [-0.2, 0) is 14.3 Å². The highest BCUT2D eigenvalue weighted by Gasteiger charge is 2.30. The van der Waals surface area contributed by atoms with Crippen molar-refractivity contribution in [1.82, 2.24) is 10.2 Å². The van der Waals surface area contributed by atoms with Gasteiger partial charge in [0.25, 0.3) is 0 Å². The van der Waals surface area contributed by atoms with Crippen LogP contribution in [0.4, 0.5) is 4.79 Å². The highest BCUT2D eigenvalue weighted by Crippen LogP contribution is 2.44. The summed E-state index contributed by atoms with van der Waals surface area (Å²) in [5, 5.41) is 11.8. The van der Waals surface area contributed by atoms with Crippen molar-refractivity contribution < 1.29 is 24.2 Å². The average molecular weight is 479 g/mol. The first-order valence-corrected chi connectivity index (χ1v) is 12.5. The van der Waals surface area contributed by atoms with Crippen molar-refractivity contribution >= 4 is 18.0 Å². The first kappa shape index (κ1) is 24.8. The molecule has 1 atom stereocenters. The van der Waals surface area contributed by atoms with Crippen LogP contribution in [0.2, 0.25) is 0 Å². The molecule has 35 heavy (non-hydrogen) atoms. The Kier molecular flexibility index (Phi) is 8.06. The normalized spacial score (nSPS) is 15.1. The average Bonchev–Trinajstić information content (AvgIpc) is 3.63. The summed E-state index contributed by atoms with van der Waals surface area (Å²) in [5.74, 6) is -0.481. The van der Waals surface area contributed by atoms with E-state index < -0.39 is 12.1 Å². The molecule has 0 spiro atoms. The van der Waals surface area contributed by atoms with Crippen LogP contribution in [0.25, 0.3) is 11.1 Å². The molecule has 2 aromatic carbocycles. The number of rotatable bonds is 12. The van der Waals surface area contributed by atoms with Gasteiger partial charge in [0.15, 0.2) is 0 Å². The van der Waals surface area contributed by atoms with Gasteiger partial charge in [0, 0.05) is 32.0 Å². The van der Waals surface area contributed by atoms with Crippen molar-refractivity contribution in [3.63, 3.8) is 0 Å². The summed E-state index contributed by atoms with van der Waals surface area (Å²) in [7, 11) is 0. The molecule has 2 aliphatic carbocycles. The van der Waals surface area contributed by atoms with Crippen LogP contribution in [0.5, 0.6) is 0 Å². The van der Waals surface area contributed by atoms with Crippen LogP contribution in [-0.4, -0.2) is 54.2 Å². The Morgan fingerprint density at radius 1 is 1.06 bits per heavy atom. The quantitative estimate of drug-likeness (QED) is 0.463. The summed E-state index contributed by atoms with van der Waals surface area (Å²) in [5.41, 5.74) is 4.69. The number of ether oxygens (including phenoxy) is 1. The topological polar surface area (TPSA) is 95.9 Å². The SMILES string of the molecule is CCC(CNC(=O)OCC1c2ccccc2-c2ccccc21)CC(=O)N(CCC(=O)O)CC1CC1. The van der Waals surface area contributed by atoms with Gasteiger partial charge in [0.2, 0.25) is 5.91 Å². The van der Waals surface area contributed by atoms with Crippen molar-refractivity contribution in [2.24, 2.45) is 11.8 Å². The van der Waals surface area contributed by atoms with Gasteiger partial charge in [-0.05, 0) is 46.9 Å². The Balaban J connectivity index is 1.27. The number of carboxylic acid groups (broad SMARTS) is 1. The van der Waals surface area contributed by atoms with Gasteiger partial charge in [0.1, 0.15) is 6.61 Å². The Labute approximate surface area is 206 Å². The molecule has 0 aromatic heterocycles. The maximum atomic E-state index is 12.9. The number of carboxylic acids is 1. The molecule has 0 saturated heterocycles. The Bertz CT molecular complexity index is 1020. The van der Waals surface area contributed by atoms with Gasteiger partial charge in [-0.3, -0.25) is 9.59 Å². The maximum Gasteiger partial charge on any atom is 0.407 e. The van der Waals surface area contributed by atoms with E-state index in [1.807, 2.05) is 31.2 Å². The Morgan fingerprint density at radius 2 is 1.69 bits per heavy atom. The molecule has 4 rings (SSSR count). The largest absolute Gasteiger partial charge is 0.481 e. The number of hydrogen-bond acceptors (Lipinski definition) is 4. The number of fused-ring (bicyclic) bond motifs is 3. The molecule has 1 saturated carbocycles. The van der Waals surface area contributed by atoms with Gasteiger partial charge in [-0.2, -0.15) is 0 Å². The molecule has 2 aliphatic rings. The van der Waals surface area contributed by atoms with Crippen molar-refractivity contribution in [2.45, 2.75) is 44.9 Å². The van der Waals surface area contributed by atoms with E-state index >= 15 is 0 Å². The predicted octanol–water partition coefficient (Wildman–Crippen LogP) is 4.65. The third-order valence-corrected chi connectivity index (χ3v) is 7.04. The fourth-order valence-corrected chi connectivity index (χ4v) is 4.77. The molecule has 0 heterocycles. The van der Waals surface area contributed by atoms with Crippen molar-refractivity contribution in [3.05, 3.63) is 59.7 Å². The minimum atomic E-state index is -0.900. The number of carbonyl (C=O) groups is 3. The second-order valence-corrected chi connectivity index (χ2v) is 9.61. The zero-order valence-electron chi connectivity index (χ0n) is 20.2. The third-order valence-electron chi connectivity index (χ3n) is 7.04. The van der Waals surface area contributed by atoms with Gasteiger partial charge < -0.3 is 20.1 Å². The standard InChI is InChI=1S/C28H34N2O5/c1-2-19(15-26(31)30(14-13-27(32)33)17-20-11-12-20)16-29-28(34)35-18-25-23-9-5-3-7-21(23)22-8-4-6-10-24(22)25/h3-10,19-20,25H,2,11-18H2,1H3,(H,29,34)(H,32,33). The molecular weight excluding hydrogens is 444 g/mol. The molecule has 0 aliphatic heterocycles. The number of hydrogen-bond donors (Lipinski definition) is 2. The van der Waals surface area contributed by atoms with E-state index in [1.165, 1.54) is 11.1 Å². The monoisotopic (exact) mass is 478 g/mol. The summed E-state index contributed by atoms with van der Waals surface area (Å²) >= 11 is 0. The minimum Gasteiger partial charge on any atom is -0.481 e. The van der Waals surface area contributed by atoms with Crippen LogP contribution in [0.15, 0.2) is 48.5 Å². The lowest BCUT2D eigenvalue weighted by Crippen LogP contribution is -2.38. The summed E-state index contributed by atoms with van der Waals surface area (Å²) in [6.45, 7) is 3.44. The molecule has 2 N–H and O–H groups in total. The number of nitrogens with one attached hydrogen (secondary N) is 1. The predicted molar refractivity (Wildman–Crippen MR) is 133 cm³/mol. The van der Waals surface area contributed by atoms with E-state index in [1.54, 1.807) is 4.90 Å². The highest BCUT2D eigenvalue weighted by atomic mass is 16.5. The second kappa shape index (κ2) is 11.4. The van der Waals surface area contributed by atoms with Gasteiger partial charge in [-0.1, -0.05) is 61.9 Å². The number of nitrogens with zero attached hydrogens (tertiary/aromatic N) is 1. The number of benzene rings is 2. The first-order valence-electron chi connectivity index (χ1n) is 12.5. The van der Waals surface area contributed by atoms with Crippen molar-refractivity contribution in [2.75, 3.05) is 26.2 Å². The van der Waals surface area contributed by atoms with Gasteiger partial charge in [0.05, 0.1) is 6.42 Å². The van der Waals surface area contributed by atoms with Gasteiger partial charge in [-0.25, -0.2) is 4.79 Å².